The molecule has 0 amide bonds. The van der Waals surface area contributed by atoms with Gasteiger partial charge in [0, 0.05) is 18.8 Å². The molecule has 2 aromatic rings. The molecule has 0 saturated carbocycles. The minimum absolute atomic E-state index is 0.0375. The highest BCUT2D eigenvalue weighted by molar-refractivity contribution is 8.13. The largest absolute Gasteiger partial charge is 0.405 e. The van der Waals surface area contributed by atoms with Crippen LogP contribution in [0.4, 0.5) is 5.95 Å². The monoisotopic (exact) mass is 607 g/mol. The standard InChI is InChI=1S/C22H38N7O9PS/c1-21(2,11-30)19(33)40-9-8-36-39(35,25-6-7-28(4)5)37-10-13-15(31)22(3,34)18(38-13)29-12-24-14-16(29)26-20(23)27-17(14)32/h12-13,15,18,30-31,34H,6-11H2,1-5H3,(H,25,35)(H3,23,26,27,32). The molecule has 16 nitrogen and oxygen atoms in total. The number of carbonyl (C=O) groups excluding carboxylic acids is 1. The number of likely N-dealkylation sites (N-methyl/N-ethyl adjacent to an activating group) is 1. The lowest BCUT2D eigenvalue weighted by molar-refractivity contribution is -0.119. The zero-order valence-electron chi connectivity index (χ0n) is 23.1. The number of rotatable bonds is 14. The second kappa shape index (κ2) is 12.9. The van der Waals surface area contributed by atoms with Crippen LogP contribution in [0.1, 0.15) is 27.0 Å². The first kappa shape index (κ1) is 32.6. The van der Waals surface area contributed by atoms with Gasteiger partial charge in [0.05, 0.1) is 31.6 Å². The Bertz CT molecular complexity index is 1290. The van der Waals surface area contributed by atoms with Crippen molar-refractivity contribution >= 4 is 41.7 Å². The Morgan fingerprint density at radius 1 is 1.43 bits per heavy atom. The number of aliphatic hydroxyl groups excluding tert-OH is 2. The van der Waals surface area contributed by atoms with E-state index in [1.165, 1.54) is 17.8 Å². The van der Waals surface area contributed by atoms with Gasteiger partial charge >= 0.3 is 7.75 Å². The van der Waals surface area contributed by atoms with Gasteiger partial charge in [-0.3, -0.25) is 28.2 Å². The molecule has 7 N–H and O–H groups in total. The third-order valence-corrected chi connectivity index (χ3v) is 9.06. The molecule has 1 saturated heterocycles. The number of imidazole rings is 1. The molecule has 0 bridgehead atoms. The van der Waals surface area contributed by atoms with E-state index in [9.17, 15) is 29.5 Å². The number of ether oxygens (including phenoxy) is 1. The fraction of sp³-hybridized carbons (Fsp3) is 0.727. The Labute approximate surface area is 235 Å². The van der Waals surface area contributed by atoms with Gasteiger partial charge in [-0.15, -0.1) is 0 Å². The average Bonchev–Trinajstić information content (AvgIpc) is 3.38. The van der Waals surface area contributed by atoms with Crippen molar-refractivity contribution < 1.29 is 38.5 Å². The number of nitrogen functional groups attached to an aromatic ring is 1. The molecule has 5 unspecified atom stereocenters. The smallest absolute Gasteiger partial charge is 0.395 e. The number of aromatic amines is 1. The molecule has 226 valence electrons. The fourth-order valence-corrected chi connectivity index (χ4v) is 5.99. The van der Waals surface area contributed by atoms with Crippen molar-refractivity contribution in [2.45, 2.75) is 44.8 Å². The second-order valence-corrected chi connectivity index (χ2v) is 13.4. The first-order valence-corrected chi connectivity index (χ1v) is 15.0. The minimum Gasteiger partial charge on any atom is -0.395 e. The lowest BCUT2D eigenvalue weighted by atomic mass is 9.96. The highest BCUT2D eigenvalue weighted by atomic mass is 32.2. The van der Waals surface area contributed by atoms with Crippen LogP contribution in [-0.4, -0.2) is 115 Å². The van der Waals surface area contributed by atoms with Gasteiger partial charge in [0.2, 0.25) is 5.95 Å². The maximum absolute atomic E-state index is 13.5. The SMILES string of the molecule is CN(C)CCNP(=O)(OCCSC(=O)C(C)(C)CO)OCC1OC(n2cnc3c(=O)[nH]c(N)nc32)C(C)(O)C1O. The summed E-state index contributed by atoms with van der Waals surface area (Å²) < 4.78 is 31.8. The van der Waals surface area contributed by atoms with Crippen molar-refractivity contribution in [1.82, 2.24) is 29.5 Å². The summed E-state index contributed by atoms with van der Waals surface area (Å²) in [5.74, 6) is -0.00760. The lowest BCUT2D eigenvalue weighted by Gasteiger charge is -2.27. The topological polar surface area (TPSA) is 227 Å². The molecular formula is C22H38N7O9PS. The number of hydrogen-bond donors (Lipinski definition) is 6. The van der Waals surface area contributed by atoms with Crippen LogP contribution in [0.2, 0.25) is 0 Å². The lowest BCUT2D eigenvalue weighted by Crippen LogP contribution is -2.44. The van der Waals surface area contributed by atoms with Crippen LogP contribution in [0, 0.1) is 5.41 Å². The number of nitrogens with zero attached hydrogens (tertiary/aromatic N) is 4. The molecule has 3 heterocycles. The van der Waals surface area contributed by atoms with E-state index in [-0.39, 0.29) is 47.7 Å². The van der Waals surface area contributed by atoms with E-state index in [2.05, 4.69) is 20.0 Å². The molecular weight excluding hydrogens is 569 g/mol. The highest BCUT2D eigenvalue weighted by Crippen LogP contribution is 2.46. The summed E-state index contributed by atoms with van der Waals surface area (Å²) in [6, 6.07) is 0. The van der Waals surface area contributed by atoms with Gasteiger partial charge < -0.3 is 30.7 Å². The summed E-state index contributed by atoms with van der Waals surface area (Å²) in [5.41, 5.74) is 2.26. The molecule has 1 fully saturated rings. The third-order valence-electron chi connectivity index (χ3n) is 6.26. The van der Waals surface area contributed by atoms with Crippen molar-refractivity contribution in [3.63, 3.8) is 0 Å². The zero-order valence-corrected chi connectivity index (χ0v) is 24.8. The van der Waals surface area contributed by atoms with E-state index in [0.717, 1.165) is 11.8 Å². The molecule has 0 radical (unpaired) electrons. The van der Waals surface area contributed by atoms with Gasteiger partial charge in [-0.25, -0.2) is 14.6 Å². The van der Waals surface area contributed by atoms with Crippen molar-refractivity contribution in [2.24, 2.45) is 5.41 Å². The molecule has 0 aliphatic carbocycles. The van der Waals surface area contributed by atoms with Crippen molar-refractivity contribution in [3.8, 4) is 0 Å². The summed E-state index contributed by atoms with van der Waals surface area (Å²) in [7, 11) is -0.285. The number of fused-ring (bicyclic) bond motifs is 1. The number of aliphatic hydroxyl groups is 3. The first-order chi connectivity index (χ1) is 18.6. The summed E-state index contributed by atoms with van der Waals surface area (Å²) in [4.78, 5) is 36.6. The highest BCUT2D eigenvalue weighted by Gasteiger charge is 2.54. The van der Waals surface area contributed by atoms with Crippen molar-refractivity contribution in [2.75, 3.05) is 58.5 Å². The Morgan fingerprint density at radius 2 is 2.12 bits per heavy atom. The van der Waals surface area contributed by atoms with Crippen LogP contribution in [0.15, 0.2) is 11.1 Å². The van der Waals surface area contributed by atoms with Gasteiger partial charge in [-0.05, 0) is 34.9 Å². The van der Waals surface area contributed by atoms with E-state index >= 15 is 0 Å². The molecule has 40 heavy (non-hydrogen) atoms. The van der Waals surface area contributed by atoms with E-state index < -0.39 is 49.4 Å². The maximum atomic E-state index is 13.5. The zero-order chi connectivity index (χ0) is 29.9. The number of anilines is 1. The van der Waals surface area contributed by atoms with Crippen molar-refractivity contribution in [1.29, 1.82) is 0 Å². The van der Waals surface area contributed by atoms with E-state index in [1.54, 1.807) is 13.8 Å². The number of nitrogens with two attached hydrogens (primary N) is 1. The predicted octanol–water partition coefficient (Wildman–Crippen LogP) is -0.718. The minimum atomic E-state index is -3.95. The normalized spacial score (nSPS) is 25.1. The van der Waals surface area contributed by atoms with Gasteiger partial charge in [0.1, 0.15) is 17.8 Å². The number of carbonyl (C=O) groups is 1. The van der Waals surface area contributed by atoms with Gasteiger partial charge in [-0.1, -0.05) is 11.8 Å². The van der Waals surface area contributed by atoms with E-state index in [1.807, 2.05) is 19.0 Å². The molecule has 5 atom stereocenters. The Hall–Kier alpha value is -1.92. The summed E-state index contributed by atoms with van der Waals surface area (Å²) in [6.07, 6.45) is -2.67. The maximum Gasteiger partial charge on any atom is 0.405 e. The second-order valence-electron chi connectivity index (χ2n) is 10.5. The quantitative estimate of drug-likeness (QED) is 0.115. The molecule has 2 aromatic heterocycles. The van der Waals surface area contributed by atoms with Crippen molar-refractivity contribution in [3.05, 3.63) is 16.7 Å². The number of aromatic nitrogens is 4. The molecule has 3 rings (SSSR count). The molecule has 0 spiro atoms. The number of nitrogens with one attached hydrogen (secondary N) is 2. The van der Waals surface area contributed by atoms with Crippen LogP contribution in [0.5, 0.6) is 0 Å². The van der Waals surface area contributed by atoms with Crippen LogP contribution in [0.25, 0.3) is 11.2 Å². The predicted molar refractivity (Wildman–Crippen MR) is 148 cm³/mol. The average molecular weight is 608 g/mol. The first-order valence-electron chi connectivity index (χ1n) is 12.5. The Kier molecular flexibility index (Phi) is 10.5. The van der Waals surface area contributed by atoms with Crippen LogP contribution in [0.3, 0.4) is 0 Å². The summed E-state index contributed by atoms with van der Waals surface area (Å²) in [6.45, 7) is 4.46. The van der Waals surface area contributed by atoms with Gasteiger partial charge in [0.25, 0.3) is 5.56 Å². The third kappa shape index (κ3) is 7.47. The van der Waals surface area contributed by atoms with Crippen LogP contribution < -0.4 is 16.4 Å². The van der Waals surface area contributed by atoms with Crippen LogP contribution >= 0.6 is 19.5 Å². The molecule has 0 aromatic carbocycles. The number of thioether (sulfide) groups is 1. The Balaban J connectivity index is 1.70. The number of H-pyrrole nitrogens is 1. The number of hydrogen-bond acceptors (Lipinski definition) is 14. The van der Waals surface area contributed by atoms with Gasteiger partial charge in [-0.2, -0.15) is 4.98 Å². The molecule has 1 aliphatic rings. The van der Waals surface area contributed by atoms with Crippen LogP contribution in [-0.2, 0) is 23.1 Å². The fourth-order valence-electron chi connectivity index (χ4n) is 3.75. The van der Waals surface area contributed by atoms with E-state index in [4.69, 9.17) is 19.5 Å². The molecule has 1 aliphatic heterocycles. The Morgan fingerprint density at radius 3 is 2.77 bits per heavy atom. The molecule has 18 heteroatoms. The summed E-state index contributed by atoms with van der Waals surface area (Å²) in [5, 5.41) is 33.8. The summed E-state index contributed by atoms with van der Waals surface area (Å²) >= 11 is 0.940. The van der Waals surface area contributed by atoms with Gasteiger partial charge in [0.15, 0.2) is 22.5 Å². The van der Waals surface area contributed by atoms with E-state index in [0.29, 0.717) is 6.54 Å².